The van der Waals surface area contributed by atoms with E-state index in [-0.39, 0.29) is 0 Å². The van der Waals surface area contributed by atoms with Crippen molar-refractivity contribution in [3.8, 4) is 0 Å². The molecule has 3 rings (SSSR count). The van der Waals surface area contributed by atoms with Gasteiger partial charge >= 0.3 is 0 Å². The quantitative estimate of drug-likeness (QED) is 0.688. The van der Waals surface area contributed by atoms with E-state index in [1.165, 1.54) is 22.2 Å². The van der Waals surface area contributed by atoms with Crippen LogP contribution in [0.25, 0.3) is 10.9 Å². The molecule has 1 aliphatic rings. The van der Waals surface area contributed by atoms with E-state index < -0.39 is 0 Å². The van der Waals surface area contributed by atoms with Crippen molar-refractivity contribution in [2.24, 2.45) is 11.7 Å². The van der Waals surface area contributed by atoms with Gasteiger partial charge in [0.15, 0.2) is 0 Å². The lowest BCUT2D eigenvalue weighted by Gasteiger charge is -2.24. The minimum absolute atomic E-state index is 0.447. The molecule has 1 aromatic carbocycles. The highest BCUT2D eigenvalue weighted by atomic mass is 35.5. The number of hydrogen-bond donors (Lipinski definition) is 1. The van der Waals surface area contributed by atoms with Gasteiger partial charge in [-0.2, -0.15) is 0 Å². The van der Waals surface area contributed by atoms with Crippen LogP contribution in [0.15, 0.2) is 54.3 Å². The number of hydrogen-bond acceptors (Lipinski definition) is 2. The van der Waals surface area contributed by atoms with E-state index in [1.54, 1.807) is 6.20 Å². The fraction of sp³-hybridized carbons (Fsp3) is 0.391. The third kappa shape index (κ3) is 4.31. The topological polar surface area (TPSA) is 34.2 Å². The van der Waals surface area contributed by atoms with Gasteiger partial charge in [0.2, 0.25) is 0 Å². The summed E-state index contributed by atoms with van der Waals surface area (Å²) in [5.74, 6) is 0.447. The van der Waals surface area contributed by atoms with Crippen LogP contribution in [0.1, 0.15) is 31.5 Å². The van der Waals surface area contributed by atoms with Crippen LogP contribution < -0.4 is 5.73 Å². The molecule has 0 saturated heterocycles. The number of nitrogens with two attached hydrogens (primary N) is 1. The number of aromatic nitrogens is 1. The van der Waals surface area contributed by atoms with Gasteiger partial charge in [0.1, 0.15) is 0 Å². The van der Waals surface area contributed by atoms with E-state index >= 15 is 0 Å². The van der Waals surface area contributed by atoms with Crippen LogP contribution in [0.2, 0.25) is 5.02 Å². The number of likely N-dealkylation sites (N-methyl/N-ethyl adjacent to an activating group) is 1. The molecule has 4 heteroatoms. The third-order valence-corrected chi connectivity index (χ3v) is 5.73. The molecule has 3 nitrogen and oxygen atoms in total. The fourth-order valence-corrected chi connectivity index (χ4v) is 3.85. The van der Waals surface area contributed by atoms with Crippen LogP contribution in [0.3, 0.4) is 0 Å². The maximum atomic E-state index is 6.29. The van der Waals surface area contributed by atoms with Gasteiger partial charge in [-0.25, -0.2) is 0 Å². The predicted octanol–water partition coefficient (Wildman–Crippen LogP) is 5.28. The van der Waals surface area contributed by atoms with Crippen molar-refractivity contribution in [2.45, 2.75) is 39.8 Å². The lowest BCUT2D eigenvalue weighted by Crippen LogP contribution is -2.27. The second-order valence-electron chi connectivity index (χ2n) is 7.78. The monoisotopic (exact) mass is 383 g/mol. The lowest BCUT2D eigenvalue weighted by atomic mass is 10.0. The number of fused-ring (bicyclic) bond motifs is 3. The van der Waals surface area contributed by atoms with Crippen molar-refractivity contribution >= 4 is 22.5 Å². The molecule has 2 heterocycles. The summed E-state index contributed by atoms with van der Waals surface area (Å²) in [6.45, 7) is 11.4. The second-order valence-corrected chi connectivity index (χ2v) is 8.22. The highest BCUT2D eigenvalue weighted by Gasteiger charge is 2.22. The van der Waals surface area contributed by atoms with E-state index in [1.807, 2.05) is 6.07 Å². The number of nitrogens with zero attached hydrogens (tertiary/aromatic N) is 2. The fourth-order valence-electron chi connectivity index (χ4n) is 3.68. The van der Waals surface area contributed by atoms with E-state index in [2.05, 4.69) is 61.2 Å². The van der Waals surface area contributed by atoms with Crippen molar-refractivity contribution in [3.63, 3.8) is 0 Å². The van der Waals surface area contributed by atoms with Gasteiger partial charge in [-0.1, -0.05) is 49.8 Å². The van der Waals surface area contributed by atoms with Crippen molar-refractivity contribution in [1.82, 2.24) is 9.47 Å². The molecule has 0 unspecified atom stereocenters. The average molecular weight is 384 g/mol. The molecule has 0 aliphatic carbocycles. The summed E-state index contributed by atoms with van der Waals surface area (Å²) in [6.07, 6.45) is 7.87. The third-order valence-electron chi connectivity index (χ3n) is 5.50. The molecule has 0 bridgehead atoms. The Morgan fingerprint density at radius 3 is 2.81 bits per heavy atom. The number of allylic oxidation sites excluding steroid dienone is 4. The first-order valence-electron chi connectivity index (χ1n) is 9.66. The number of aryl methyl sites for hydroxylation is 1. The molecule has 2 N–H and O–H groups in total. The van der Waals surface area contributed by atoms with Crippen LogP contribution in [0, 0.1) is 5.92 Å². The highest BCUT2D eigenvalue weighted by Crippen LogP contribution is 2.33. The number of benzene rings is 1. The molecule has 0 fully saturated rings. The van der Waals surface area contributed by atoms with Crippen LogP contribution >= 0.6 is 11.6 Å². The van der Waals surface area contributed by atoms with Crippen molar-refractivity contribution < 1.29 is 0 Å². The van der Waals surface area contributed by atoms with Crippen molar-refractivity contribution in [1.29, 1.82) is 0 Å². The van der Waals surface area contributed by atoms with Crippen LogP contribution in [0.4, 0.5) is 0 Å². The van der Waals surface area contributed by atoms with E-state index in [4.69, 9.17) is 17.3 Å². The lowest BCUT2D eigenvalue weighted by molar-refractivity contribution is 0.309. The zero-order valence-electron chi connectivity index (χ0n) is 16.6. The maximum absolute atomic E-state index is 6.29. The Hall–Kier alpha value is -1.97. The predicted molar refractivity (Wildman–Crippen MR) is 117 cm³/mol. The molecule has 0 spiro atoms. The summed E-state index contributed by atoms with van der Waals surface area (Å²) in [7, 11) is 2.18. The van der Waals surface area contributed by atoms with E-state index in [0.717, 1.165) is 48.6 Å². The molecule has 27 heavy (non-hydrogen) atoms. The van der Waals surface area contributed by atoms with E-state index in [9.17, 15) is 0 Å². The smallest absolute Gasteiger partial charge is 0.0487 e. The zero-order chi connectivity index (χ0) is 19.6. The summed E-state index contributed by atoms with van der Waals surface area (Å²) in [4.78, 5) is 2.37. The molecule has 0 atom stereocenters. The number of halogens is 1. The minimum Gasteiger partial charge on any atom is -0.404 e. The van der Waals surface area contributed by atoms with Gasteiger partial charge < -0.3 is 15.2 Å². The van der Waals surface area contributed by atoms with Crippen molar-refractivity contribution in [2.75, 3.05) is 13.6 Å². The largest absolute Gasteiger partial charge is 0.404 e. The summed E-state index contributed by atoms with van der Waals surface area (Å²) in [6, 6.07) is 6.25. The molecule has 1 aromatic heterocycles. The molecule has 1 aliphatic heterocycles. The van der Waals surface area contributed by atoms with Crippen LogP contribution in [-0.4, -0.2) is 23.1 Å². The molecular formula is C23H30ClN3. The van der Waals surface area contributed by atoms with Crippen molar-refractivity contribution in [3.05, 3.63) is 70.6 Å². The first kappa shape index (κ1) is 19.8. The second kappa shape index (κ2) is 8.37. The molecule has 0 amide bonds. The summed E-state index contributed by atoms with van der Waals surface area (Å²) >= 11 is 6.29. The summed E-state index contributed by atoms with van der Waals surface area (Å²) in [5, 5.41) is 2.08. The SMILES string of the molecule is C=C(/C=C\C(=C/N)CCn1c2c(c3cc(Cl)ccc31)CN(C)CC2)C(C)C. The van der Waals surface area contributed by atoms with Gasteiger partial charge in [-0.3, -0.25) is 0 Å². The first-order chi connectivity index (χ1) is 12.9. The normalized spacial score (nSPS) is 15.8. The van der Waals surface area contributed by atoms with Gasteiger partial charge in [0, 0.05) is 47.7 Å². The molecule has 0 saturated carbocycles. The van der Waals surface area contributed by atoms with Gasteiger partial charge in [0.25, 0.3) is 0 Å². The molecule has 2 aromatic rings. The Labute approximate surface area is 167 Å². The maximum Gasteiger partial charge on any atom is 0.0487 e. The Balaban J connectivity index is 1.88. The summed E-state index contributed by atoms with van der Waals surface area (Å²) in [5.41, 5.74) is 12.3. The standard InChI is InChI=1S/C23H30ClN3/c1-16(2)17(3)5-6-18(14-25)9-12-27-22-8-7-19(24)13-20(22)21-15-26(4)11-10-23(21)27/h5-8,13-14,16H,3,9-12,15,25H2,1-2,4H3/b6-5-,18-14+. The average Bonchev–Trinajstić information content (AvgIpc) is 2.94. The van der Waals surface area contributed by atoms with Crippen LogP contribution in [0.5, 0.6) is 0 Å². The number of rotatable bonds is 6. The van der Waals surface area contributed by atoms with E-state index in [0.29, 0.717) is 5.92 Å². The Kier molecular flexibility index (Phi) is 6.13. The molecule has 144 valence electrons. The molecular weight excluding hydrogens is 354 g/mol. The van der Waals surface area contributed by atoms with Gasteiger partial charge in [0.05, 0.1) is 0 Å². The Morgan fingerprint density at radius 2 is 2.11 bits per heavy atom. The van der Waals surface area contributed by atoms with Crippen LogP contribution in [-0.2, 0) is 19.5 Å². The molecule has 0 radical (unpaired) electrons. The summed E-state index contributed by atoms with van der Waals surface area (Å²) < 4.78 is 2.46. The highest BCUT2D eigenvalue weighted by molar-refractivity contribution is 6.31. The van der Waals surface area contributed by atoms with Gasteiger partial charge in [-0.05, 0) is 54.9 Å². The van der Waals surface area contributed by atoms with Gasteiger partial charge in [-0.15, -0.1) is 0 Å². The zero-order valence-corrected chi connectivity index (χ0v) is 17.4. The first-order valence-corrected chi connectivity index (χ1v) is 10.0. The minimum atomic E-state index is 0.447. The Bertz CT molecular complexity index is 902. The Morgan fingerprint density at radius 1 is 1.33 bits per heavy atom.